The van der Waals surface area contributed by atoms with E-state index < -0.39 is 5.60 Å². The molecule has 0 bridgehead atoms. The molecule has 1 fully saturated rings. The van der Waals surface area contributed by atoms with E-state index >= 15 is 0 Å². The summed E-state index contributed by atoms with van der Waals surface area (Å²) in [4.78, 5) is 16.3. The number of benzene rings is 1. The maximum Gasteiger partial charge on any atom is 0.410 e. The van der Waals surface area contributed by atoms with Crippen molar-refractivity contribution in [3.05, 3.63) is 23.8 Å². The summed E-state index contributed by atoms with van der Waals surface area (Å²) in [5.74, 6) is 0.895. The number of nitrogens with zero attached hydrogens (tertiary/aromatic N) is 2. The van der Waals surface area contributed by atoms with Crippen molar-refractivity contribution < 1.29 is 19.0 Å². The number of ether oxygens (including phenoxy) is 3. The number of carbonyl (C=O) groups excluding carboxylic acids is 1. The molecule has 1 amide bonds. The van der Waals surface area contributed by atoms with Crippen LogP contribution >= 0.6 is 0 Å². The van der Waals surface area contributed by atoms with Crippen LogP contribution in [0.1, 0.15) is 26.3 Å². The Kier molecular flexibility index (Phi) is 5.53. The van der Waals surface area contributed by atoms with Gasteiger partial charge in [-0.15, -0.1) is 0 Å². The van der Waals surface area contributed by atoms with Gasteiger partial charge < -0.3 is 29.7 Å². The summed E-state index contributed by atoms with van der Waals surface area (Å²) in [6, 6.07) is 6.19. The normalized spacial score (nSPS) is 25.0. The molecule has 27 heavy (non-hydrogen) atoms. The number of anilines is 1. The molecule has 0 aromatic heterocycles. The molecule has 150 valence electrons. The Morgan fingerprint density at radius 3 is 2.74 bits per heavy atom. The summed E-state index contributed by atoms with van der Waals surface area (Å²) in [5, 5.41) is 0. The largest absolute Gasteiger partial charge is 0.492 e. The topological polar surface area (TPSA) is 77.3 Å². The number of methoxy groups -OCH3 is 1. The first kappa shape index (κ1) is 19.8. The number of nitrogens with two attached hydrogens (primary N) is 1. The molecule has 1 aromatic rings. The van der Waals surface area contributed by atoms with Crippen LogP contribution in [0.5, 0.6) is 5.75 Å². The Morgan fingerprint density at radius 2 is 2.07 bits per heavy atom. The van der Waals surface area contributed by atoms with Gasteiger partial charge in [-0.1, -0.05) is 6.07 Å². The molecule has 2 unspecified atom stereocenters. The molecule has 7 nitrogen and oxygen atoms in total. The highest BCUT2D eigenvalue weighted by molar-refractivity contribution is 5.69. The third kappa shape index (κ3) is 4.47. The monoisotopic (exact) mass is 377 g/mol. The summed E-state index contributed by atoms with van der Waals surface area (Å²) in [5.41, 5.74) is 7.65. The van der Waals surface area contributed by atoms with Gasteiger partial charge in [0.05, 0.1) is 12.1 Å². The first-order chi connectivity index (χ1) is 12.7. The SMILES string of the molecule is COC1CN(c2ccc3c(c2)OC[C@H](N)C3)CC1N(C)C(=O)OC(C)(C)C. The van der Waals surface area contributed by atoms with Crippen LogP contribution in [0.3, 0.4) is 0 Å². The number of hydrogen-bond acceptors (Lipinski definition) is 6. The van der Waals surface area contributed by atoms with Gasteiger partial charge in [-0.25, -0.2) is 4.79 Å². The molecular weight excluding hydrogens is 346 g/mol. The van der Waals surface area contributed by atoms with Crippen LogP contribution < -0.4 is 15.4 Å². The molecule has 1 saturated heterocycles. The smallest absolute Gasteiger partial charge is 0.410 e. The average Bonchev–Trinajstić information content (AvgIpc) is 3.03. The number of carbonyl (C=O) groups is 1. The minimum Gasteiger partial charge on any atom is -0.492 e. The first-order valence-electron chi connectivity index (χ1n) is 9.43. The summed E-state index contributed by atoms with van der Waals surface area (Å²) in [7, 11) is 3.45. The predicted molar refractivity (Wildman–Crippen MR) is 104 cm³/mol. The Balaban J connectivity index is 1.73. The van der Waals surface area contributed by atoms with Crippen LogP contribution in [0.15, 0.2) is 18.2 Å². The van der Waals surface area contributed by atoms with Crippen molar-refractivity contribution in [2.45, 2.75) is 51.0 Å². The van der Waals surface area contributed by atoms with Gasteiger partial charge in [0.25, 0.3) is 0 Å². The molecule has 2 aliphatic heterocycles. The minimum atomic E-state index is -0.525. The van der Waals surface area contributed by atoms with E-state index in [-0.39, 0.29) is 24.3 Å². The Morgan fingerprint density at radius 1 is 1.33 bits per heavy atom. The van der Waals surface area contributed by atoms with E-state index in [0.29, 0.717) is 19.7 Å². The lowest BCUT2D eigenvalue weighted by Crippen LogP contribution is -2.47. The van der Waals surface area contributed by atoms with Crippen LogP contribution in [0.25, 0.3) is 0 Å². The fourth-order valence-corrected chi connectivity index (χ4v) is 3.62. The molecule has 0 radical (unpaired) electrons. The molecule has 0 spiro atoms. The van der Waals surface area contributed by atoms with E-state index in [1.165, 1.54) is 0 Å². The Hall–Kier alpha value is -1.99. The molecular formula is C20H31N3O4. The van der Waals surface area contributed by atoms with Gasteiger partial charge in [0, 0.05) is 45.0 Å². The van der Waals surface area contributed by atoms with Crippen molar-refractivity contribution >= 4 is 11.8 Å². The molecule has 2 aliphatic rings. The molecule has 0 aliphatic carbocycles. The van der Waals surface area contributed by atoms with Crippen LogP contribution in [0.4, 0.5) is 10.5 Å². The minimum absolute atomic E-state index is 0.0554. The van der Waals surface area contributed by atoms with E-state index in [1.807, 2.05) is 20.8 Å². The fraction of sp³-hybridized carbons (Fsp3) is 0.650. The zero-order valence-electron chi connectivity index (χ0n) is 16.9. The second kappa shape index (κ2) is 7.56. The number of amides is 1. The second-order valence-corrected chi connectivity index (χ2v) is 8.40. The van der Waals surface area contributed by atoms with Gasteiger partial charge in [-0.05, 0) is 38.8 Å². The maximum absolute atomic E-state index is 12.5. The Bertz CT molecular complexity index is 688. The lowest BCUT2D eigenvalue weighted by Gasteiger charge is -2.30. The summed E-state index contributed by atoms with van der Waals surface area (Å²) in [6.45, 7) is 7.52. The number of rotatable bonds is 3. The molecule has 2 heterocycles. The van der Waals surface area contributed by atoms with Gasteiger partial charge in [0.15, 0.2) is 0 Å². The standard InChI is InChI=1S/C20H31N3O4/c1-20(2,3)27-19(24)22(4)16-10-23(11-18(16)25-5)15-7-6-13-8-14(21)12-26-17(13)9-15/h6-7,9,14,16,18H,8,10-12,21H2,1-5H3/t14-,16?,18?/m1/s1. The van der Waals surface area contributed by atoms with Gasteiger partial charge in [0.2, 0.25) is 0 Å². The van der Waals surface area contributed by atoms with Crippen molar-refractivity contribution in [2.75, 3.05) is 38.8 Å². The molecule has 3 atom stereocenters. The van der Waals surface area contributed by atoms with E-state index in [4.69, 9.17) is 19.9 Å². The summed E-state index contributed by atoms with van der Waals surface area (Å²) in [6.07, 6.45) is 0.410. The molecule has 0 saturated carbocycles. The summed E-state index contributed by atoms with van der Waals surface area (Å²) >= 11 is 0. The van der Waals surface area contributed by atoms with Crippen molar-refractivity contribution in [2.24, 2.45) is 5.73 Å². The maximum atomic E-state index is 12.5. The summed E-state index contributed by atoms with van der Waals surface area (Å²) < 4.78 is 17.0. The van der Waals surface area contributed by atoms with Crippen molar-refractivity contribution in [3.8, 4) is 5.75 Å². The zero-order valence-corrected chi connectivity index (χ0v) is 16.9. The number of hydrogen-bond donors (Lipinski definition) is 1. The fourth-order valence-electron chi connectivity index (χ4n) is 3.62. The van der Waals surface area contributed by atoms with E-state index in [1.54, 1.807) is 19.1 Å². The van der Waals surface area contributed by atoms with Crippen molar-refractivity contribution in [1.29, 1.82) is 0 Å². The lowest BCUT2D eigenvalue weighted by atomic mass is 10.0. The van der Waals surface area contributed by atoms with Gasteiger partial charge in [0.1, 0.15) is 18.0 Å². The van der Waals surface area contributed by atoms with Gasteiger partial charge in [-0.3, -0.25) is 0 Å². The average molecular weight is 377 g/mol. The molecule has 2 N–H and O–H groups in total. The van der Waals surface area contributed by atoms with Crippen LogP contribution in [0.2, 0.25) is 0 Å². The first-order valence-corrected chi connectivity index (χ1v) is 9.43. The molecule has 7 heteroatoms. The highest BCUT2D eigenvalue weighted by Crippen LogP contribution is 2.32. The van der Waals surface area contributed by atoms with E-state index in [0.717, 1.165) is 23.4 Å². The van der Waals surface area contributed by atoms with E-state index in [9.17, 15) is 4.79 Å². The lowest BCUT2D eigenvalue weighted by molar-refractivity contribution is 0.00378. The predicted octanol–water partition coefficient (Wildman–Crippen LogP) is 2.02. The Labute approximate surface area is 161 Å². The quantitative estimate of drug-likeness (QED) is 0.868. The van der Waals surface area contributed by atoms with Crippen LogP contribution in [-0.2, 0) is 15.9 Å². The highest BCUT2D eigenvalue weighted by atomic mass is 16.6. The van der Waals surface area contributed by atoms with Gasteiger partial charge in [-0.2, -0.15) is 0 Å². The third-order valence-corrected chi connectivity index (χ3v) is 5.07. The zero-order chi connectivity index (χ0) is 19.8. The third-order valence-electron chi connectivity index (χ3n) is 5.07. The second-order valence-electron chi connectivity index (χ2n) is 8.40. The van der Waals surface area contributed by atoms with Gasteiger partial charge >= 0.3 is 6.09 Å². The van der Waals surface area contributed by atoms with Crippen molar-refractivity contribution in [1.82, 2.24) is 4.90 Å². The van der Waals surface area contributed by atoms with Crippen molar-refractivity contribution in [3.63, 3.8) is 0 Å². The number of likely N-dealkylation sites (N-methyl/N-ethyl adjacent to an activating group) is 1. The molecule has 1 aromatic carbocycles. The van der Waals surface area contributed by atoms with Crippen LogP contribution in [-0.4, -0.2) is 68.6 Å². The highest BCUT2D eigenvalue weighted by Gasteiger charge is 2.39. The van der Waals surface area contributed by atoms with E-state index in [2.05, 4.69) is 23.1 Å². The number of fused-ring (bicyclic) bond motifs is 1. The molecule has 3 rings (SSSR count). The van der Waals surface area contributed by atoms with Crippen LogP contribution in [0, 0.1) is 0 Å².